The summed E-state index contributed by atoms with van der Waals surface area (Å²) in [5.41, 5.74) is 8.33. The Balaban J connectivity index is 0.000000161. The van der Waals surface area contributed by atoms with Crippen LogP contribution in [0.25, 0.3) is 27.8 Å². The summed E-state index contributed by atoms with van der Waals surface area (Å²) in [7, 11) is 0. The molecular formula is C36H34O4. The molecule has 2 N–H and O–H groups in total. The first-order valence-electron chi connectivity index (χ1n) is 14.0. The molecule has 4 aromatic rings. The lowest BCUT2D eigenvalue weighted by Gasteiger charge is -2.12. The summed E-state index contributed by atoms with van der Waals surface area (Å²) in [4.78, 5) is 22.1. The minimum atomic E-state index is -0.723. The molecule has 0 radical (unpaired) electrons. The molecule has 0 spiro atoms. The number of allylic oxidation sites excluding steroid dienone is 1. The second kappa shape index (κ2) is 12.6. The van der Waals surface area contributed by atoms with Gasteiger partial charge in [-0.05, 0) is 83.0 Å². The fourth-order valence-electron chi connectivity index (χ4n) is 5.80. The highest BCUT2D eigenvalue weighted by Crippen LogP contribution is 2.39. The Morgan fingerprint density at radius 1 is 0.575 bits per heavy atom. The van der Waals surface area contributed by atoms with Gasteiger partial charge in [0, 0.05) is 0 Å². The number of carbonyl (C=O) groups is 2. The number of hydrogen-bond donors (Lipinski definition) is 2. The Morgan fingerprint density at radius 3 is 1.73 bits per heavy atom. The second-order valence-electron chi connectivity index (χ2n) is 10.7. The smallest absolute Gasteiger partial charge is 0.310 e. The molecular weight excluding hydrogens is 496 g/mol. The van der Waals surface area contributed by atoms with Crippen LogP contribution in [-0.2, 0) is 9.59 Å². The van der Waals surface area contributed by atoms with E-state index in [9.17, 15) is 9.59 Å². The Bertz CT molecular complexity index is 1490. The lowest BCUT2D eigenvalue weighted by atomic mass is 9.93. The predicted molar refractivity (Wildman–Crippen MR) is 160 cm³/mol. The third-order valence-electron chi connectivity index (χ3n) is 8.03. The monoisotopic (exact) mass is 530 g/mol. The molecule has 1 saturated carbocycles. The molecule has 0 aromatic heterocycles. The van der Waals surface area contributed by atoms with Gasteiger partial charge in [-0.15, -0.1) is 0 Å². The molecule has 202 valence electrons. The van der Waals surface area contributed by atoms with Crippen LogP contribution in [0.15, 0.2) is 115 Å². The fraction of sp³-hybridized carbons (Fsp3) is 0.222. The van der Waals surface area contributed by atoms with E-state index in [1.165, 1.54) is 27.8 Å². The van der Waals surface area contributed by atoms with Crippen LogP contribution in [-0.4, -0.2) is 22.2 Å². The van der Waals surface area contributed by atoms with Crippen molar-refractivity contribution in [2.24, 2.45) is 11.8 Å². The molecule has 4 heteroatoms. The quantitative estimate of drug-likeness (QED) is 0.262. The topological polar surface area (TPSA) is 74.6 Å². The lowest BCUT2D eigenvalue weighted by Crippen LogP contribution is -2.09. The Labute approximate surface area is 235 Å². The normalized spacial score (nSPS) is 19.8. The maximum atomic E-state index is 11.1. The van der Waals surface area contributed by atoms with Crippen molar-refractivity contribution in [3.8, 4) is 22.3 Å². The van der Waals surface area contributed by atoms with Crippen LogP contribution in [0.3, 0.4) is 0 Å². The number of hydrogen-bond acceptors (Lipinski definition) is 2. The molecule has 1 fully saturated rings. The molecule has 0 unspecified atom stereocenters. The van der Waals surface area contributed by atoms with Crippen molar-refractivity contribution in [3.63, 3.8) is 0 Å². The van der Waals surface area contributed by atoms with Crippen LogP contribution in [0.2, 0.25) is 0 Å². The maximum absolute atomic E-state index is 11.1. The van der Waals surface area contributed by atoms with Crippen LogP contribution >= 0.6 is 0 Å². The van der Waals surface area contributed by atoms with E-state index in [0.717, 1.165) is 36.8 Å². The third-order valence-corrected chi connectivity index (χ3v) is 8.03. The molecule has 2 aliphatic carbocycles. The number of rotatable bonds is 6. The van der Waals surface area contributed by atoms with Crippen molar-refractivity contribution in [2.75, 3.05) is 0 Å². The first-order valence-corrected chi connectivity index (χ1v) is 14.0. The maximum Gasteiger partial charge on any atom is 0.310 e. The summed E-state index contributed by atoms with van der Waals surface area (Å²) in [6, 6.07) is 37.4. The van der Waals surface area contributed by atoms with Gasteiger partial charge in [-0.25, -0.2) is 0 Å². The summed E-state index contributed by atoms with van der Waals surface area (Å²) in [6.07, 6.45) is 6.00. The van der Waals surface area contributed by atoms with Crippen LogP contribution in [0.5, 0.6) is 0 Å². The average molecular weight is 531 g/mol. The molecule has 0 bridgehead atoms. The minimum Gasteiger partial charge on any atom is -0.481 e. The summed E-state index contributed by atoms with van der Waals surface area (Å²) < 4.78 is 0. The minimum absolute atomic E-state index is 0.166. The zero-order valence-electron chi connectivity index (χ0n) is 22.4. The largest absolute Gasteiger partial charge is 0.481 e. The van der Waals surface area contributed by atoms with Crippen LogP contribution in [0.1, 0.15) is 49.1 Å². The fourth-order valence-corrected chi connectivity index (χ4v) is 5.80. The highest BCUT2D eigenvalue weighted by Gasteiger charge is 2.30. The van der Waals surface area contributed by atoms with Gasteiger partial charge >= 0.3 is 11.9 Å². The number of aliphatic carboxylic acids is 2. The van der Waals surface area contributed by atoms with Gasteiger partial charge in [0.2, 0.25) is 0 Å². The molecule has 0 amide bonds. The van der Waals surface area contributed by atoms with Gasteiger partial charge in [-0.1, -0.05) is 109 Å². The van der Waals surface area contributed by atoms with E-state index in [4.69, 9.17) is 10.2 Å². The van der Waals surface area contributed by atoms with E-state index in [2.05, 4.69) is 66.7 Å². The summed E-state index contributed by atoms with van der Waals surface area (Å²) >= 11 is 0. The summed E-state index contributed by atoms with van der Waals surface area (Å²) in [6.45, 7) is 0. The first kappa shape index (κ1) is 27.1. The van der Waals surface area contributed by atoms with E-state index < -0.39 is 11.9 Å². The van der Waals surface area contributed by atoms with E-state index in [1.54, 1.807) is 0 Å². The van der Waals surface area contributed by atoms with Crippen LogP contribution in [0, 0.1) is 11.8 Å². The SMILES string of the molecule is O=C(O)[C@@H]1CC[C@@H](c2cccc(-c3ccccc3)c2)C1.O=C(O)[C@H]1C=C(c2cccc(-c3ccccc3)c2)CC1. The van der Waals surface area contributed by atoms with Crippen molar-refractivity contribution < 1.29 is 19.8 Å². The molecule has 6 rings (SSSR count). The lowest BCUT2D eigenvalue weighted by molar-refractivity contribution is -0.142. The standard InChI is InChI=1S/C18H18O2.C18H16O2/c2*19-18(20)17-10-9-16(12-17)15-8-4-7-14(11-15)13-5-2-1-3-6-13/h1-8,11,16-17H,9-10,12H2,(H,19,20);1-8,11-12,17H,9-10H2,(H,19,20)/t16-,17-;17-/m11/s1. The molecule has 40 heavy (non-hydrogen) atoms. The van der Waals surface area contributed by atoms with Crippen molar-refractivity contribution in [1.82, 2.24) is 0 Å². The number of benzene rings is 4. The first-order chi connectivity index (χ1) is 19.5. The van der Waals surface area contributed by atoms with Gasteiger partial charge in [0.15, 0.2) is 0 Å². The van der Waals surface area contributed by atoms with Gasteiger partial charge in [0.25, 0.3) is 0 Å². The zero-order chi connectivity index (χ0) is 27.9. The van der Waals surface area contributed by atoms with Gasteiger partial charge in [-0.2, -0.15) is 0 Å². The van der Waals surface area contributed by atoms with E-state index in [1.807, 2.05) is 48.5 Å². The van der Waals surface area contributed by atoms with Crippen molar-refractivity contribution in [1.29, 1.82) is 0 Å². The molecule has 2 aliphatic rings. The summed E-state index contributed by atoms with van der Waals surface area (Å²) in [5.74, 6) is -1.48. The number of carboxylic acid groups (broad SMARTS) is 2. The Morgan fingerprint density at radius 2 is 1.15 bits per heavy atom. The molecule has 0 saturated heterocycles. The van der Waals surface area contributed by atoms with Crippen molar-refractivity contribution in [3.05, 3.63) is 126 Å². The molecule has 3 atom stereocenters. The van der Waals surface area contributed by atoms with E-state index in [0.29, 0.717) is 12.3 Å². The van der Waals surface area contributed by atoms with Gasteiger partial charge < -0.3 is 10.2 Å². The third kappa shape index (κ3) is 6.58. The van der Waals surface area contributed by atoms with Gasteiger partial charge in [-0.3, -0.25) is 9.59 Å². The highest BCUT2D eigenvalue weighted by molar-refractivity contribution is 5.81. The van der Waals surface area contributed by atoms with E-state index >= 15 is 0 Å². The van der Waals surface area contributed by atoms with Crippen molar-refractivity contribution >= 4 is 17.5 Å². The van der Waals surface area contributed by atoms with Crippen molar-refractivity contribution in [2.45, 2.75) is 38.0 Å². The van der Waals surface area contributed by atoms with Crippen LogP contribution in [0.4, 0.5) is 0 Å². The second-order valence-corrected chi connectivity index (χ2v) is 10.7. The average Bonchev–Trinajstić information content (AvgIpc) is 3.70. The van der Waals surface area contributed by atoms with E-state index in [-0.39, 0.29) is 11.8 Å². The molecule has 4 aromatic carbocycles. The van der Waals surface area contributed by atoms with Gasteiger partial charge in [0.1, 0.15) is 0 Å². The molecule has 0 heterocycles. The highest BCUT2D eigenvalue weighted by atomic mass is 16.4. The number of carboxylic acids is 2. The van der Waals surface area contributed by atoms with Crippen LogP contribution < -0.4 is 0 Å². The molecule has 4 nitrogen and oxygen atoms in total. The van der Waals surface area contributed by atoms with Gasteiger partial charge in [0.05, 0.1) is 11.8 Å². The molecule has 0 aliphatic heterocycles. The zero-order valence-corrected chi connectivity index (χ0v) is 22.4. The Hall–Kier alpha value is -4.44. The Kier molecular flexibility index (Phi) is 8.56. The predicted octanol–water partition coefficient (Wildman–Crippen LogP) is 8.55. The summed E-state index contributed by atoms with van der Waals surface area (Å²) in [5, 5.41) is 18.2.